The number of H-pyrrole nitrogens is 1. The Balaban J connectivity index is 2.41. The first kappa shape index (κ1) is 10.5. The fourth-order valence-corrected chi connectivity index (χ4v) is 1.65. The minimum Gasteiger partial charge on any atom is -0.497 e. The number of methoxy groups -OCH3 is 1. The molecular weight excluding hydrogens is 206 g/mol. The molecule has 16 heavy (non-hydrogen) atoms. The zero-order chi connectivity index (χ0) is 11.5. The summed E-state index contributed by atoms with van der Waals surface area (Å²) in [6.07, 6.45) is 2.06. The van der Waals surface area contributed by atoms with E-state index < -0.39 is 0 Å². The van der Waals surface area contributed by atoms with Gasteiger partial charge in [-0.1, -0.05) is 0 Å². The van der Waals surface area contributed by atoms with Crippen molar-refractivity contribution >= 4 is 16.8 Å². The largest absolute Gasteiger partial charge is 0.497 e. The predicted molar refractivity (Wildman–Crippen MR) is 60.9 cm³/mol. The Morgan fingerprint density at radius 1 is 1.56 bits per heavy atom. The van der Waals surface area contributed by atoms with Gasteiger partial charge < -0.3 is 9.72 Å². The van der Waals surface area contributed by atoms with Crippen LogP contribution in [0.25, 0.3) is 10.9 Å². The summed E-state index contributed by atoms with van der Waals surface area (Å²) in [5, 5.41) is 0.975. The van der Waals surface area contributed by atoms with Gasteiger partial charge in [0.25, 0.3) is 0 Å². The van der Waals surface area contributed by atoms with Gasteiger partial charge >= 0.3 is 0 Å². The lowest BCUT2D eigenvalue weighted by Crippen LogP contribution is -2.31. The van der Waals surface area contributed by atoms with Crippen molar-refractivity contribution in [3.63, 3.8) is 0 Å². The number of carbonyl (C=O) groups is 1. The topological polar surface area (TPSA) is 80.1 Å². The van der Waals surface area contributed by atoms with E-state index >= 15 is 0 Å². The van der Waals surface area contributed by atoms with Crippen molar-refractivity contribution in [2.45, 2.75) is 6.42 Å². The minimum atomic E-state index is -0.219. The summed E-state index contributed by atoms with van der Waals surface area (Å²) in [4.78, 5) is 14.3. The smallest absolute Gasteiger partial charge is 0.238 e. The van der Waals surface area contributed by atoms with E-state index in [9.17, 15) is 4.79 Å². The van der Waals surface area contributed by atoms with Crippen LogP contribution in [0, 0.1) is 0 Å². The third-order valence-electron chi connectivity index (χ3n) is 2.49. The van der Waals surface area contributed by atoms with Crippen LogP contribution in [0.5, 0.6) is 5.75 Å². The summed E-state index contributed by atoms with van der Waals surface area (Å²) in [7, 11) is 1.61. The van der Waals surface area contributed by atoms with Gasteiger partial charge in [-0.25, -0.2) is 5.84 Å². The van der Waals surface area contributed by atoms with Crippen LogP contribution in [0.4, 0.5) is 0 Å². The lowest BCUT2D eigenvalue weighted by atomic mass is 10.1. The molecule has 84 valence electrons. The molecule has 0 spiro atoms. The number of ether oxygens (including phenoxy) is 1. The minimum absolute atomic E-state index is 0.219. The number of hydrogen-bond acceptors (Lipinski definition) is 3. The second-order valence-corrected chi connectivity index (χ2v) is 3.47. The highest BCUT2D eigenvalue weighted by molar-refractivity contribution is 5.89. The molecule has 0 aliphatic carbocycles. The third-order valence-corrected chi connectivity index (χ3v) is 2.49. The maximum absolute atomic E-state index is 11.2. The average molecular weight is 219 g/mol. The van der Waals surface area contributed by atoms with Gasteiger partial charge in [-0.05, 0) is 23.8 Å². The molecule has 0 radical (unpaired) electrons. The number of hydrogen-bond donors (Lipinski definition) is 3. The number of nitrogens with one attached hydrogen (secondary N) is 2. The second kappa shape index (κ2) is 4.24. The lowest BCUT2D eigenvalue weighted by molar-refractivity contribution is -0.120. The molecule has 1 amide bonds. The monoisotopic (exact) mass is 219 g/mol. The van der Waals surface area contributed by atoms with Crippen LogP contribution in [0.3, 0.4) is 0 Å². The zero-order valence-corrected chi connectivity index (χ0v) is 8.91. The van der Waals surface area contributed by atoms with Gasteiger partial charge in [0.15, 0.2) is 0 Å². The molecule has 0 unspecified atom stereocenters. The molecule has 2 rings (SSSR count). The van der Waals surface area contributed by atoms with E-state index in [1.807, 2.05) is 18.2 Å². The van der Waals surface area contributed by atoms with Crippen LogP contribution in [0.2, 0.25) is 0 Å². The Hall–Kier alpha value is -2.01. The standard InChI is InChI=1S/C11H13N3O2/c1-16-8-2-3-10-9(5-8)7(6-13-10)4-11(15)14-12/h2-3,5-6,13H,4,12H2,1H3,(H,14,15). The number of hydrazine groups is 1. The van der Waals surface area contributed by atoms with Crippen molar-refractivity contribution in [3.05, 3.63) is 30.0 Å². The molecule has 2 aromatic rings. The van der Waals surface area contributed by atoms with Gasteiger partial charge in [0, 0.05) is 17.1 Å². The first-order valence-electron chi connectivity index (χ1n) is 4.88. The Morgan fingerprint density at radius 3 is 3.06 bits per heavy atom. The maximum atomic E-state index is 11.2. The molecule has 0 fully saturated rings. The van der Waals surface area contributed by atoms with E-state index in [1.54, 1.807) is 13.3 Å². The molecule has 0 aliphatic rings. The number of carbonyl (C=O) groups excluding carboxylic acids is 1. The molecule has 5 heteroatoms. The Bertz CT molecular complexity index is 519. The number of aromatic nitrogens is 1. The molecule has 4 N–H and O–H groups in total. The summed E-state index contributed by atoms with van der Waals surface area (Å²) in [6.45, 7) is 0. The van der Waals surface area contributed by atoms with E-state index in [0.29, 0.717) is 0 Å². The Kier molecular flexibility index (Phi) is 2.78. The quantitative estimate of drug-likeness (QED) is 0.404. The van der Waals surface area contributed by atoms with Crippen molar-refractivity contribution in [1.82, 2.24) is 10.4 Å². The fraction of sp³-hybridized carbons (Fsp3) is 0.182. The molecule has 0 atom stereocenters. The highest BCUT2D eigenvalue weighted by atomic mass is 16.5. The molecule has 0 saturated heterocycles. The molecule has 5 nitrogen and oxygen atoms in total. The van der Waals surface area contributed by atoms with Gasteiger partial charge in [-0.3, -0.25) is 10.2 Å². The van der Waals surface area contributed by atoms with Crippen molar-refractivity contribution < 1.29 is 9.53 Å². The Labute approximate surface area is 92.6 Å². The van der Waals surface area contributed by atoms with E-state index in [-0.39, 0.29) is 12.3 Å². The molecule has 1 aromatic carbocycles. The summed E-state index contributed by atoms with van der Waals surface area (Å²) < 4.78 is 5.14. The average Bonchev–Trinajstić information content (AvgIpc) is 2.71. The van der Waals surface area contributed by atoms with Crippen LogP contribution in [0.15, 0.2) is 24.4 Å². The highest BCUT2D eigenvalue weighted by Crippen LogP contribution is 2.23. The van der Waals surface area contributed by atoms with Crippen molar-refractivity contribution in [2.24, 2.45) is 5.84 Å². The zero-order valence-electron chi connectivity index (χ0n) is 8.91. The van der Waals surface area contributed by atoms with Crippen LogP contribution in [-0.4, -0.2) is 18.0 Å². The second-order valence-electron chi connectivity index (χ2n) is 3.47. The van der Waals surface area contributed by atoms with Crippen LogP contribution in [0.1, 0.15) is 5.56 Å². The van der Waals surface area contributed by atoms with Crippen molar-refractivity contribution in [1.29, 1.82) is 0 Å². The summed E-state index contributed by atoms with van der Waals surface area (Å²) in [6, 6.07) is 5.68. The van der Waals surface area contributed by atoms with Crippen LogP contribution in [-0.2, 0) is 11.2 Å². The van der Waals surface area contributed by atoms with Crippen molar-refractivity contribution in [3.8, 4) is 5.75 Å². The van der Waals surface area contributed by atoms with Gasteiger partial charge in [-0.15, -0.1) is 0 Å². The number of amides is 1. The summed E-state index contributed by atoms with van der Waals surface area (Å²) in [5.41, 5.74) is 3.99. The number of fused-ring (bicyclic) bond motifs is 1. The number of aromatic amines is 1. The number of rotatable bonds is 3. The van der Waals surface area contributed by atoms with E-state index in [2.05, 4.69) is 10.4 Å². The predicted octanol–water partition coefficient (Wildman–Crippen LogP) is 0.709. The first-order valence-corrected chi connectivity index (χ1v) is 4.88. The van der Waals surface area contributed by atoms with Gasteiger partial charge in [0.1, 0.15) is 5.75 Å². The van der Waals surface area contributed by atoms with Gasteiger partial charge in [0.2, 0.25) is 5.91 Å². The van der Waals surface area contributed by atoms with E-state index in [4.69, 9.17) is 10.6 Å². The molecular formula is C11H13N3O2. The van der Waals surface area contributed by atoms with Gasteiger partial charge in [0.05, 0.1) is 13.5 Å². The normalized spacial score (nSPS) is 10.4. The number of benzene rings is 1. The van der Waals surface area contributed by atoms with Crippen molar-refractivity contribution in [2.75, 3.05) is 7.11 Å². The van der Waals surface area contributed by atoms with Crippen LogP contribution >= 0.6 is 0 Å². The van der Waals surface area contributed by atoms with Gasteiger partial charge in [-0.2, -0.15) is 0 Å². The van der Waals surface area contributed by atoms with E-state index in [0.717, 1.165) is 22.2 Å². The lowest BCUT2D eigenvalue weighted by Gasteiger charge is -2.01. The van der Waals surface area contributed by atoms with E-state index in [1.165, 1.54) is 0 Å². The highest BCUT2D eigenvalue weighted by Gasteiger charge is 2.08. The molecule has 1 aromatic heterocycles. The summed E-state index contributed by atoms with van der Waals surface area (Å²) >= 11 is 0. The third kappa shape index (κ3) is 1.85. The first-order chi connectivity index (χ1) is 7.74. The van der Waals surface area contributed by atoms with Crippen LogP contribution < -0.4 is 16.0 Å². The molecule has 0 bridgehead atoms. The SMILES string of the molecule is COc1ccc2[nH]cc(CC(=O)NN)c2c1. The summed E-state index contributed by atoms with van der Waals surface area (Å²) in [5.74, 6) is 5.60. The number of nitrogens with two attached hydrogens (primary N) is 1. The molecule has 0 saturated carbocycles. The fourth-order valence-electron chi connectivity index (χ4n) is 1.65. The Morgan fingerprint density at radius 2 is 2.38 bits per heavy atom. The molecule has 1 heterocycles. The molecule has 0 aliphatic heterocycles. The maximum Gasteiger partial charge on any atom is 0.238 e.